The van der Waals surface area contributed by atoms with Gasteiger partial charge in [0.2, 0.25) is 17.7 Å². The maximum absolute atomic E-state index is 13.3. The number of carbonyl (C=O) groups excluding carboxylic acids is 6. The van der Waals surface area contributed by atoms with Crippen LogP contribution in [-0.2, 0) is 35.0 Å². The number of hydrazine groups is 1. The smallest absolute Gasteiger partial charge is 0.264 e. The molecule has 408 valence electrons. The number of hydrogen-bond acceptors (Lipinski definition) is 17. The molecule has 1 aromatic heterocycles. The molecule has 0 spiro atoms. The normalized spacial score (nSPS) is 17.0. The zero-order valence-electron chi connectivity index (χ0n) is 42.8. The molecule has 0 saturated carbocycles. The van der Waals surface area contributed by atoms with E-state index in [2.05, 4.69) is 36.4 Å². The Hall–Kier alpha value is -7.99. The van der Waals surface area contributed by atoms with Crippen molar-refractivity contribution in [1.29, 1.82) is 0 Å². The number of anilines is 4. The number of hydrogen-bond donors (Lipinski definition) is 7. The summed E-state index contributed by atoms with van der Waals surface area (Å²) < 4.78 is 43.1. The van der Waals surface area contributed by atoms with Crippen molar-refractivity contribution in [2.24, 2.45) is 11.6 Å². The Kier molecular flexibility index (Phi) is 18.8. The molecule has 5 amide bonds. The van der Waals surface area contributed by atoms with Gasteiger partial charge >= 0.3 is 0 Å². The van der Waals surface area contributed by atoms with Gasteiger partial charge in [0.1, 0.15) is 17.7 Å². The van der Waals surface area contributed by atoms with Crippen molar-refractivity contribution in [3.05, 3.63) is 124 Å². The zero-order chi connectivity index (χ0) is 54.4. The summed E-state index contributed by atoms with van der Waals surface area (Å²) in [6, 6.07) is 19.2. The summed E-state index contributed by atoms with van der Waals surface area (Å²) in [6.07, 6.45) is 5.05. The van der Waals surface area contributed by atoms with Gasteiger partial charge in [-0.25, -0.2) is 14.6 Å². The number of piperazine rings is 1. The lowest BCUT2D eigenvalue weighted by atomic mass is 10.0. The molecule has 4 aliphatic heterocycles. The molecule has 5 heterocycles. The van der Waals surface area contributed by atoms with Gasteiger partial charge in [0.05, 0.1) is 62.6 Å². The Labute approximate surface area is 443 Å². The van der Waals surface area contributed by atoms with Crippen LogP contribution in [0.4, 0.5) is 31.7 Å². The first-order valence-electron chi connectivity index (χ1n) is 25.6. The summed E-state index contributed by atoms with van der Waals surface area (Å²) in [5.41, 5.74) is 12.2. The van der Waals surface area contributed by atoms with Crippen LogP contribution in [0.15, 0.2) is 84.7 Å². The highest BCUT2D eigenvalue weighted by atomic mass is 19.1. The van der Waals surface area contributed by atoms with Crippen molar-refractivity contribution in [3.8, 4) is 0 Å². The Morgan fingerprint density at radius 1 is 0.883 bits per heavy atom. The molecule has 1 unspecified atom stereocenters. The van der Waals surface area contributed by atoms with Crippen LogP contribution in [0, 0.1) is 11.6 Å². The third-order valence-corrected chi connectivity index (χ3v) is 13.5. The van der Waals surface area contributed by atoms with E-state index in [0.717, 1.165) is 63.8 Å². The topological polar surface area (TPSA) is 272 Å². The van der Waals surface area contributed by atoms with Gasteiger partial charge in [-0.2, -0.15) is 5.10 Å². The number of halogens is 2. The SMILES string of the molecule is CNc1n[nH]c2ccc(Cc3cc(F)cc(F)c3)cc12.N/C(=C\N(N)CCOCCOCCC(=O)N1CCN(c2ccc(C=O)c(NC3CCOCC3)c2)CC1)CNc1cccc2c1C(=O)N(C1CCC(=O)NC1=O)C2=O. The number of nitrogens with two attached hydrogens (primary N) is 2. The van der Waals surface area contributed by atoms with E-state index in [-0.39, 0.29) is 55.5 Å². The Bertz CT molecular complexity index is 2960. The second kappa shape index (κ2) is 26.2. The van der Waals surface area contributed by atoms with Crippen LogP contribution in [-0.4, -0.2) is 159 Å². The van der Waals surface area contributed by atoms with Crippen LogP contribution in [0.25, 0.3) is 10.9 Å². The van der Waals surface area contributed by atoms with Crippen molar-refractivity contribution in [2.45, 2.75) is 50.6 Å². The highest BCUT2D eigenvalue weighted by molar-refractivity contribution is 6.25. The third-order valence-electron chi connectivity index (χ3n) is 13.5. The Morgan fingerprint density at radius 3 is 2.36 bits per heavy atom. The molecule has 3 saturated heterocycles. The maximum atomic E-state index is 13.3. The van der Waals surface area contributed by atoms with Gasteiger partial charge in [0, 0.05) is 105 Å². The van der Waals surface area contributed by atoms with E-state index in [1.807, 2.05) is 41.3 Å². The molecule has 0 bridgehead atoms. The number of nitrogens with one attached hydrogen (secondary N) is 5. The average molecular weight is 1060 g/mol. The van der Waals surface area contributed by atoms with Crippen LogP contribution in [0.3, 0.4) is 0 Å². The minimum atomic E-state index is -1.06. The number of nitrogens with zero attached hydrogens (tertiary/aromatic N) is 5. The van der Waals surface area contributed by atoms with E-state index < -0.39 is 41.3 Å². The number of benzene rings is 4. The lowest BCUT2D eigenvalue weighted by Gasteiger charge is -2.36. The lowest BCUT2D eigenvalue weighted by Crippen LogP contribution is -2.54. The first kappa shape index (κ1) is 55.2. The molecule has 0 radical (unpaired) electrons. The summed E-state index contributed by atoms with van der Waals surface area (Å²) in [4.78, 5) is 79.8. The molecule has 1 atom stereocenters. The molecule has 77 heavy (non-hydrogen) atoms. The number of aromatic amines is 1. The molecular weight excluding hydrogens is 999 g/mol. The van der Waals surface area contributed by atoms with Gasteiger partial charge in [0.25, 0.3) is 11.8 Å². The number of aromatic nitrogens is 2. The van der Waals surface area contributed by atoms with E-state index in [9.17, 15) is 37.5 Å². The van der Waals surface area contributed by atoms with Crippen molar-refractivity contribution in [1.82, 2.24) is 30.3 Å². The molecular formula is C54H64F2N12O9. The number of rotatable bonds is 21. The maximum Gasteiger partial charge on any atom is 0.264 e. The second-order valence-electron chi connectivity index (χ2n) is 18.9. The number of piperidine rings is 1. The first-order valence-corrected chi connectivity index (χ1v) is 25.6. The van der Waals surface area contributed by atoms with Crippen LogP contribution in [0.1, 0.15) is 74.3 Å². The van der Waals surface area contributed by atoms with Crippen molar-refractivity contribution < 1.29 is 51.8 Å². The number of imide groups is 2. The van der Waals surface area contributed by atoms with Gasteiger partial charge in [-0.1, -0.05) is 12.1 Å². The summed E-state index contributed by atoms with van der Waals surface area (Å²) >= 11 is 0. The van der Waals surface area contributed by atoms with Gasteiger partial charge in [0.15, 0.2) is 12.1 Å². The van der Waals surface area contributed by atoms with Gasteiger partial charge in [-0.15, -0.1) is 0 Å². The average Bonchev–Trinajstić information content (AvgIpc) is 3.95. The number of fused-ring (bicyclic) bond motifs is 2. The fraction of sp³-hybridized carbons (Fsp3) is 0.389. The molecule has 4 aliphatic rings. The Morgan fingerprint density at radius 2 is 1.64 bits per heavy atom. The quantitative estimate of drug-likeness (QED) is 0.0179. The number of H-pyrrole nitrogens is 1. The minimum absolute atomic E-state index is 0.0348. The molecule has 9 rings (SSSR count). The molecule has 0 aliphatic carbocycles. The van der Waals surface area contributed by atoms with Crippen molar-refractivity contribution >= 4 is 69.6 Å². The van der Waals surface area contributed by atoms with Crippen molar-refractivity contribution in [3.63, 3.8) is 0 Å². The highest BCUT2D eigenvalue weighted by Crippen LogP contribution is 2.33. The van der Waals surface area contributed by atoms with Gasteiger partial charge in [-0.05, 0) is 91.4 Å². The largest absolute Gasteiger partial charge is 0.399 e. The number of ether oxygens (including phenoxy) is 3. The standard InChI is InChI=1S/C39H51N9O9.C15H13F2N3/c40-27(23-42-31-3-1-2-30-36(31)39(54)48(38(30)53)33-6-7-34(50)44-37(33)52)24-47(41)15-19-57-21-20-56-18-10-35(51)46-13-11-45(12-14-46)29-5-4-26(25-49)32(22-29)43-28-8-16-55-17-9-28;1-18-15-13-7-9(2-3-14(13)19-20-15)4-10-5-11(16)8-12(17)6-10/h1-5,22,24-25,28,33,42-43H,6-21,23,40-41H2,(H,44,50,52);2-3,5-8H,4H2,1H3,(H2,18,19,20)/b27-24-;. The van der Waals surface area contributed by atoms with Crippen LogP contribution in [0.5, 0.6) is 0 Å². The predicted molar refractivity (Wildman–Crippen MR) is 284 cm³/mol. The van der Waals surface area contributed by atoms with Gasteiger partial charge in [-0.3, -0.25) is 44.1 Å². The van der Waals surface area contributed by atoms with E-state index in [4.69, 9.17) is 25.8 Å². The predicted octanol–water partition coefficient (Wildman–Crippen LogP) is 4.12. The monoisotopic (exact) mass is 1060 g/mol. The van der Waals surface area contributed by atoms with Crippen LogP contribution >= 0.6 is 0 Å². The highest BCUT2D eigenvalue weighted by Gasteiger charge is 2.45. The summed E-state index contributed by atoms with van der Waals surface area (Å²) in [5, 5.41) is 21.2. The molecule has 21 nitrogen and oxygen atoms in total. The fourth-order valence-electron chi connectivity index (χ4n) is 9.55. The number of carbonyl (C=O) groups is 6. The number of amides is 5. The van der Waals surface area contributed by atoms with Crippen molar-refractivity contribution in [2.75, 3.05) is 107 Å². The van der Waals surface area contributed by atoms with E-state index in [0.29, 0.717) is 94.7 Å². The fourth-order valence-corrected chi connectivity index (χ4v) is 9.55. The third kappa shape index (κ3) is 14.3. The lowest BCUT2D eigenvalue weighted by molar-refractivity contribution is -0.136. The number of aldehydes is 1. The molecule has 23 heteroatoms. The molecule has 3 fully saturated rings. The Balaban J connectivity index is 0.000000325. The van der Waals surface area contributed by atoms with Gasteiger partial charge < -0.3 is 50.7 Å². The summed E-state index contributed by atoms with van der Waals surface area (Å²) in [5.74, 6) is 3.42. The summed E-state index contributed by atoms with van der Waals surface area (Å²) in [6.45, 7) is 5.66. The van der Waals surface area contributed by atoms with E-state index >= 15 is 0 Å². The van der Waals surface area contributed by atoms with E-state index in [1.165, 1.54) is 29.4 Å². The first-order chi connectivity index (χ1) is 37.3. The molecule has 4 aromatic carbocycles. The van der Waals surface area contributed by atoms with E-state index in [1.54, 1.807) is 19.2 Å². The van der Waals surface area contributed by atoms with Crippen LogP contribution in [0.2, 0.25) is 0 Å². The summed E-state index contributed by atoms with van der Waals surface area (Å²) in [7, 11) is 1.80. The second-order valence-corrected chi connectivity index (χ2v) is 18.9. The molecule has 9 N–H and O–H groups in total. The van der Waals surface area contributed by atoms with Crippen LogP contribution < -0.4 is 37.7 Å². The molecule has 5 aromatic rings. The zero-order valence-corrected chi connectivity index (χ0v) is 42.8. The minimum Gasteiger partial charge on any atom is -0.399 e.